The molecule has 5 heteroatoms. The summed E-state index contributed by atoms with van der Waals surface area (Å²) < 4.78 is 27.9. The first-order valence-electron chi connectivity index (χ1n) is 13.3. The number of aromatic nitrogens is 2. The van der Waals surface area contributed by atoms with Crippen LogP contribution in [0.15, 0.2) is 102 Å². The molecular formula is C32H28IrN2OSi-2. The summed E-state index contributed by atoms with van der Waals surface area (Å²) in [4.78, 5) is 8.61. The predicted octanol–water partition coefficient (Wildman–Crippen LogP) is 7.85. The first-order chi connectivity index (χ1) is 18.6. The fourth-order valence-electron chi connectivity index (χ4n) is 4.17. The Kier molecular flexibility index (Phi) is 6.99. The second kappa shape index (κ2) is 11.3. The Bertz CT molecular complexity index is 1710. The quantitative estimate of drug-likeness (QED) is 0.141. The van der Waals surface area contributed by atoms with Gasteiger partial charge in [-0.15, -0.1) is 53.2 Å². The third kappa shape index (κ3) is 5.80. The van der Waals surface area contributed by atoms with E-state index in [-0.39, 0.29) is 25.7 Å². The van der Waals surface area contributed by atoms with Crippen molar-refractivity contribution in [2.24, 2.45) is 0 Å². The molecule has 0 saturated carbocycles. The monoisotopic (exact) mass is 680 g/mol. The fourth-order valence-corrected chi connectivity index (χ4v) is 5.67. The Morgan fingerprint density at radius 1 is 0.838 bits per heavy atom. The molecule has 0 saturated heterocycles. The molecule has 3 nitrogen and oxygen atoms in total. The number of hydrogen-bond donors (Lipinski definition) is 0. The molecular weight excluding hydrogens is 649 g/mol. The van der Waals surface area contributed by atoms with Crippen molar-refractivity contribution >= 4 is 35.2 Å². The molecule has 3 aromatic heterocycles. The molecule has 3 heterocycles. The van der Waals surface area contributed by atoms with E-state index in [4.69, 9.17) is 8.53 Å². The molecule has 3 aromatic carbocycles. The number of furan rings is 1. The summed E-state index contributed by atoms with van der Waals surface area (Å²) in [5, 5.41) is 3.81. The van der Waals surface area contributed by atoms with Crippen molar-refractivity contribution in [1.82, 2.24) is 9.97 Å². The van der Waals surface area contributed by atoms with Gasteiger partial charge in [-0.1, -0.05) is 73.1 Å². The van der Waals surface area contributed by atoms with Gasteiger partial charge >= 0.3 is 0 Å². The van der Waals surface area contributed by atoms with Gasteiger partial charge in [0, 0.05) is 50.1 Å². The van der Waals surface area contributed by atoms with Crippen molar-refractivity contribution in [3.8, 4) is 22.5 Å². The Morgan fingerprint density at radius 2 is 1.65 bits per heavy atom. The Hall–Kier alpha value is -3.37. The minimum absolute atomic E-state index is 0. The Labute approximate surface area is 237 Å². The summed E-state index contributed by atoms with van der Waals surface area (Å²) in [6, 6.07) is 33.6. The number of aryl methyl sites for hydroxylation is 1. The number of benzene rings is 3. The molecule has 0 N–H and O–H groups in total. The van der Waals surface area contributed by atoms with Crippen LogP contribution in [0.25, 0.3) is 44.5 Å². The zero-order chi connectivity index (χ0) is 27.6. The normalized spacial score (nSPS) is 12.6. The van der Waals surface area contributed by atoms with Crippen LogP contribution in [-0.2, 0) is 20.1 Å². The zero-order valence-corrected chi connectivity index (χ0v) is 24.3. The van der Waals surface area contributed by atoms with Crippen molar-refractivity contribution in [3.05, 3.63) is 115 Å². The van der Waals surface area contributed by atoms with E-state index in [0.29, 0.717) is 0 Å². The van der Waals surface area contributed by atoms with E-state index >= 15 is 0 Å². The molecule has 0 amide bonds. The van der Waals surface area contributed by atoms with E-state index in [1.54, 1.807) is 18.2 Å². The summed E-state index contributed by atoms with van der Waals surface area (Å²) in [5.74, 6) is 0. The summed E-state index contributed by atoms with van der Waals surface area (Å²) in [6.07, 6.45) is 3.20. The van der Waals surface area contributed by atoms with Crippen LogP contribution >= 0.6 is 0 Å². The first kappa shape index (κ1) is 22.8. The molecule has 6 rings (SSSR count). The Balaban J connectivity index is 0.000000192. The van der Waals surface area contributed by atoms with Crippen LogP contribution in [0, 0.1) is 19.0 Å². The zero-order valence-electron chi connectivity index (χ0n) is 23.9. The third-order valence-corrected chi connectivity index (χ3v) is 7.94. The summed E-state index contributed by atoms with van der Waals surface area (Å²) >= 11 is 0. The fraction of sp³-hybridized carbons (Fsp3) is 0.125. The van der Waals surface area contributed by atoms with Crippen LogP contribution in [0.4, 0.5) is 0 Å². The van der Waals surface area contributed by atoms with E-state index in [0.717, 1.165) is 33.7 Å². The maximum absolute atomic E-state index is 7.23. The van der Waals surface area contributed by atoms with Crippen molar-refractivity contribution in [1.29, 1.82) is 0 Å². The molecule has 1 radical (unpaired) electrons. The van der Waals surface area contributed by atoms with Gasteiger partial charge in [-0.25, -0.2) is 0 Å². The first-order valence-corrected chi connectivity index (χ1v) is 15.3. The topological polar surface area (TPSA) is 38.9 Å². The molecule has 0 fully saturated rings. The number of fused-ring (bicyclic) bond motifs is 3. The van der Waals surface area contributed by atoms with Crippen LogP contribution in [0.2, 0.25) is 19.6 Å². The summed E-state index contributed by atoms with van der Waals surface area (Å²) in [6.45, 7) is 4.99. The largest absolute Gasteiger partial charge is 0.501 e. The minimum Gasteiger partial charge on any atom is -0.501 e. The average Bonchev–Trinajstić information content (AvgIpc) is 3.33. The molecule has 0 bridgehead atoms. The molecule has 0 aliphatic heterocycles. The molecule has 0 unspecified atom stereocenters. The van der Waals surface area contributed by atoms with Gasteiger partial charge in [0.15, 0.2) is 0 Å². The molecule has 0 aliphatic rings. The average molecular weight is 680 g/mol. The SMILES string of the molecule is C[Si](C)(C)c1c[c-]c(-c2ccccn2)c2oc3ccccc3c12.[2H]C([2H])([2H])c1ccc(-c2[c-]cccc2)nc1.[Ir]. The van der Waals surface area contributed by atoms with E-state index in [2.05, 4.69) is 59.9 Å². The van der Waals surface area contributed by atoms with Crippen LogP contribution < -0.4 is 5.19 Å². The second-order valence-corrected chi connectivity index (χ2v) is 14.6. The third-order valence-electron chi connectivity index (χ3n) is 5.93. The van der Waals surface area contributed by atoms with Gasteiger partial charge in [0.25, 0.3) is 0 Å². The Morgan fingerprint density at radius 3 is 2.32 bits per heavy atom. The van der Waals surface area contributed by atoms with Crippen LogP contribution in [-0.4, -0.2) is 18.0 Å². The van der Waals surface area contributed by atoms with E-state index in [9.17, 15) is 0 Å². The van der Waals surface area contributed by atoms with Gasteiger partial charge in [0.05, 0.1) is 5.58 Å². The predicted molar refractivity (Wildman–Crippen MR) is 152 cm³/mol. The molecule has 37 heavy (non-hydrogen) atoms. The number of rotatable bonds is 3. The van der Waals surface area contributed by atoms with Crippen LogP contribution in [0.1, 0.15) is 9.68 Å². The standard InChI is InChI=1S/C20H18NOSi.C12H10N.Ir/c1-23(2,3)18-12-11-14(16-9-6-7-13-21-16)20-19(18)15-8-4-5-10-17(15)22-20;1-10-7-8-12(13-9-10)11-5-3-2-4-6-11;/h4-10,12-13H,1-3H3;2-5,7-9H,1H3;/q2*-1;/i;1D3;. The number of pyridine rings is 2. The maximum Gasteiger partial charge on any atom is 0.120 e. The van der Waals surface area contributed by atoms with E-state index < -0.39 is 14.9 Å². The van der Waals surface area contributed by atoms with Gasteiger partial charge < -0.3 is 14.4 Å². The molecule has 0 aliphatic carbocycles. The van der Waals surface area contributed by atoms with Gasteiger partial charge in [0.2, 0.25) is 0 Å². The maximum atomic E-state index is 7.23. The van der Waals surface area contributed by atoms with E-state index in [1.807, 2.05) is 54.7 Å². The van der Waals surface area contributed by atoms with Crippen LogP contribution in [0.3, 0.4) is 0 Å². The van der Waals surface area contributed by atoms with E-state index in [1.165, 1.54) is 22.2 Å². The molecule has 6 aromatic rings. The van der Waals surface area contributed by atoms with Gasteiger partial charge in [-0.3, -0.25) is 0 Å². The van der Waals surface area contributed by atoms with Gasteiger partial charge in [0.1, 0.15) is 5.58 Å². The molecule has 0 spiro atoms. The number of nitrogens with zero attached hydrogens (tertiary/aromatic N) is 2. The van der Waals surface area contributed by atoms with Crippen molar-refractivity contribution in [2.75, 3.05) is 0 Å². The van der Waals surface area contributed by atoms with Crippen molar-refractivity contribution in [3.63, 3.8) is 0 Å². The number of hydrogen-bond acceptors (Lipinski definition) is 3. The molecule has 187 valence electrons. The van der Waals surface area contributed by atoms with Crippen molar-refractivity contribution < 1.29 is 28.6 Å². The number of para-hydroxylation sites is 1. The summed E-state index contributed by atoms with van der Waals surface area (Å²) in [7, 11) is -1.51. The summed E-state index contributed by atoms with van der Waals surface area (Å²) in [5.41, 5.74) is 5.53. The molecule has 0 atom stereocenters. The van der Waals surface area contributed by atoms with Gasteiger partial charge in [-0.2, -0.15) is 0 Å². The van der Waals surface area contributed by atoms with Gasteiger partial charge in [-0.05, 0) is 35.9 Å². The second-order valence-electron chi connectivity index (χ2n) is 9.55. The minimum atomic E-state index is -2.09. The van der Waals surface area contributed by atoms with Crippen LogP contribution in [0.5, 0.6) is 0 Å². The smallest absolute Gasteiger partial charge is 0.120 e. The van der Waals surface area contributed by atoms with Crippen molar-refractivity contribution in [2.45, 2.75) is 26.5 Å².